The van der Waals surface area contributed by atoms with E-state index in [9.17, 15) is 0 Å². The van der Waals surface area contributed by atoms with Crippen molar-refractivity contribution in [3.05, 3.63) is 41.5 Å². The van der Waals surface area contributed by atoms with E-state index in [2.05, 4.69) is 32.1 Å². The molecule has 0 fully saturated rings. The van der Waals surface area contributed by atoms with Crippen molar-refractivity contribution in [3.63, 3.8) is 0 Å². The average Bonchev–Trinajstić information content (AvgIpc) is 2.31. The standard InChI is InChI=1S/C13H20O2Si/c1-11(12(2)16(14-3)15-4)10-13-8-6-5-7-9-13/h5-10,12,16H,1-4H3. The lowest BCUT2D eigenvalue weighted by Gasteiger charge is -2.19. The van der Waals surface area contributed by atoms with E-state index in [-0.39, 0.29) is 0 Å². The van der Waals surface area contributed by atoms with Gasteiger partial charge in [0.15, 0.2) is 0 Å². The van der Waals surface area contributed by atoms with Crippen molar-refractivity contribution < 1.29 is 8.85 Å². The Balaban J connectivity index is 2.77. The Morgan fingerprint density at radius 1 is 1.19 bits per heavy atom. The molecule has 16 heavy (non-hydrogen) atoms. The first-order chi connectivity index (χ1) is 7.69. The summed E-state index contributed by atoms with van der Waals surface area (Å²) in [6.07, 6.45) is 2.20. The Hall–Kier alpha value is -0.903. The van der Waals surface area contributed by atoms with Crippen LogP contribution in [0.15, 0.2) is 35.9 Å². The molecule has 88 valence electrons. The lowest BCUT2D eigenvalue weighted by molar-refractivity contribution is 0.271. The fourth-order valence-corrected chi connectivity index (χ4v) is 3.20. The van der Waals surface area contributed by atoms with Gasteiger partial charge in [-0.25, -0.2) is 0 Å². The van der Waals surface area contributed by atoms with Gasteiger partial charge in [0.1, 0.15) is 0 Å². The third-order valence-electron chi connectivity index (χ3n) is 2.79. The van der Waals surface area contributed by atoms with E-state index in [1.165, 1.54) is 11.1 Å². The van der Waals surface area contributed by atoms with Crippen LogP contribution in [-0.4, -0.2) is 23.5 Å². The molecule has 0 saturated carbocycles. The van der Waals surface area contributed by atoms with Crippen LogP contribution in [-0.2, 0) is 8.85 Å². The molecule has 1 atom stereocenters. The summed E-state index contributed by atoms with van der Waals surface area (Å²) < 4.78 is 10.8. The van der Waals surface area contributed by atoms with Crippen LogP contribution >= 0.6 is 0 Å². The molecular weight excluding hydrogens is 216 g/mol. The number of hydrogen-bond acceptors (Lipinski definition) is 2. The van der Waals surface area contributed by atoms with E-state index in [4.69, 9.17) is 8.85 Å². The average molecular weight is 236 g/mol. The molecule has 0 amide bonds. The largest absolute Gasteiger partial charge is 0.400 e. The maximum absolute atomic E-state index is 5.40. The van der Waals surface area contributed by atoms with Crippen LogP contribution in [0.1, 0.15) is 19.4 Å². The quantitative estimate of drug-likeness (QED) is 0.732. The Labute approximate surface area is 99.7 Å². The fraction of sp³-hybridized carbons (Fsp3) is 0.385. The maximum Gasteiger partial charge on any atom is 0.328 e. The van der Waals surface area contributed by atoms with Gasteiger partial charge in [-0.05, 0) is 12.5 Å². The molecule has 0 bridgehead atoms. The van der Waals surface area contributed by atoms with Gasteiger partial charge >= 0.3 is 9.28 Å². The van der Waals surface area contributed by atoms with Gasteiger partial charge in [-0.15, -0.1) is 0 Å². The number of benzene rings is 1. The monoisotopic (exact) mass is 236 g/mol. The molecular formula is C13H20O2Si. The molecule has 0 aliphatic rings. The normalized spacial score (nSPS) is 14.2. The highest BCUT2D eigenvalue weighted by atomic mass is 28.3. The van der Waals surface area contributed by atoms with Crippen molar-refractivity contribution >= 4 is 15.4 Å². The summed E-state index contributed by atoms with van der Waals surface area (Å²) >= 11 is 0. The Bertz CT molecular complexity index is 331. The van der Waals surface area contributed by atoms with E-state index < -0.39 is 9.28 Å². The Morgan fingerprint density at radius 3 is 2.25 bits per heavy atom. The molecule has 2 nitrogen and oxygen atoms in total. The lowest BCUT2D eigenvalue weighted by Crippen LogP contribution is -2.25. The molecule has 0 aliphatic heterocycles. The highest BCUT2D eigenvalue weighted by Gasteiger charge is 2.20. The summed E-state index contributed by atoms with van der Waals surface area (Å²) in [7, 11) is 1.90. The first-order valence-electron chi connectivity index (χ1n) is 5.48. The van der Waals surface area contributed by atoms with Crippen LogP contribution < -0.4 is 0 Å². The SMILES string of the molecule is CO[SiH](OC)C(C)C(C)=Cc1ccccc1. The zero-order valence-electron chi connectivity index (χ0n) is 10.4. The van der Waals surface area contributed by atoms with E-state index in [0.29, 0.717) is 5.54 Å². The molecule has 0 heterocycles. The first kappa shape index (κ1) is 13.2. The second-order valence-electron chi connectivity index (χ2n) is 3.93. The van der Waals surface area contributed by atoms with Crippen LogP contribution in [0.2, 0.25) is 5.54 Å². The van der Waals surface area contributed by atoms with Crippen LogP contribution in [0.3, 0.4) is 0 Å². The van der Waals surface area contributed by atoms with Crippen molar-refractivity contribution in [2.45, 2.75) is 19.4 Å². The molecule has 0 N–H and O–H groups in total. The summed E-state index contributed by atoms with van der Waals surface area (Å²) in [4.78, 5) is 0. The summed E-state index contributed by atoms with van der Waals surface area (Å²) in [6.45, 7) is 4.30. The smallest absolute Gasteiger partial charge is 0.328 e. The minimum atomic E-state index is -1.55. The number of rotatable bonds is 5. The van der Waals surface area contributed by atoms with Crippen molar-refractivity contribution in [3.8, 4) is 0 Å². The summed E-state index contributed by atoms with van der Waals surface area (Å²) in [6, 6.07) is 10.3. The van der Waals surface area contributed by atoms with Crippen LogP contribution in [0.5, 0.6) is 0 Å². The molecule has 0 saturated heterocycles. The van der Waals surface area contributed by atoms with Gasteiger partial charge in [-0.1, -0.05) is 48.9 Å². The Morgan fingerprint density at radius 2 is 1.75 bits per heavy atom. The molecule has 0 spiro atoms. The molecule has 1 rings (SSSR count). The Kier molecular flexibility index (Phi) is 5.45. The predicted octanol–water partition coefficient (Wildman–Crippen LogP) is 2.99. The number of allylic oxidation sites excluding steroid dienone is 1. The van der Waals surface area contributed by atoms with E-state index in [0.717, 1.165) is 0 Å². The van der Waals surface area contributed by atoms with Gasteiger partial charge in [0, 0.05) is 19.8 Å². The van der Waals surface area contributed by atoms with Crippen LogP contribution in [0, 0.1) is 0 Å². The minimum Gasteiger partial charge on any atom is -0.400 e. The van der Waals surface area contributed by atoms with Crippen LogP contribution in [0.25, 0.3) is 6.08 Å². The van der Waals surface area contributed by atoms with E-state index >= 15 is 0 Å². The van der Waals surface area contributed by atoms with Gasteiger partial charge in [-0.3, -0.25) is 0 Å². The van der Waals surface area contributed by atoms with Gasteiger partial charge < -0.3 is 8.85 Å². The highest BCUT2D eigenvalue weighted by molar-refractivity contribution is 6.47. The second-order valence-corrected chi connectivity index (χ2v) is 6.61. The third kappa shape index (κ3) is 3.59. The fourth-order valence-electron chi connectivity index (χ4n) is 1.66. The van der Waals surface area contributed by atoms with Gasteiger partial charge in [0.2, 0.25) is 0 Å². The summed E-state index contributed by atoms with van der Waals surface area (Å²) in [5.74, 6) is 0. The first-order valence-corrected chi connectivity index (χ1v) is 7.08. The zero-order valence-corrected chi connectivity index (χ0v) is 11.6. The van der Waals surface area contributed by atoms with Gasteiger partial charge in [0.25, 0.3) is 0 Å². The van der Waals surface area contributed by atoms with Crippen molar-refractivity contribution in [1.82, 2.24) is 0 Å². The molecule has 0 radical (unpaired) electrons. The van der Waals surface area contributed by atoms with Gasteiger partial charge in [-0.2, -0.15) is 0 Å². The summed E-state index contributed by atoms with van der Waals surface area (Å²) in [5, 5.41) is 0. The topological polar surface area (TPSA) is 18.5 Å². The van der Waals surface area contributed by atoms with E-state index in [1.54, 1.807) is 14.2 Å². The highest BCUT2D eigenvalue weighted by Crippen LogP contribution is 2.23. The molecule has 1 aromatic rings. The van der Waals surface area contributed by atoms with Crippen LogP contribution in [0.4, 0.5) is 0 Å². The van der Waals surface area contributed by atoms with Crippen molar-refractivity contribution in [1.29, 1.82) is 0 Å². The summed E-state index contributed by atoms with van der Waals surface area (Å²) in [5.41, 5.74) is 2.92. The second kappa shape index (κ2) is 6.63. The van der Waals surface area contributed by atoms with Crippen molar-refractivity contribution in [2.24, 2.45) is 0 Å². The predicted molar refractivity (Wildman–Crippen MR) is 70.7 cm³/mol. The molecule has 3 heteroatoms. The molecule has 0 aromatic heterocycles. The maximum atomic E-state index is 5.40. The number of hydrogen-bond donors (Lipinski definition) is 0. The third-order valence-corrected chi connectivity index (χ3v) is 5.06. The minimum absolute atomic E-state index is 0.384. The van der Waals surface area contributed by atoms with Crippen molar-refractivity contribution in [2.75, 3.05) is 14.2 Å². The molecule has 0 aliphatic carbocycles. The molecule has 1 aromatic carbocycles. The zero-order chi connectivity index (χ0) is 12.0. The lowest BCUT2D eigenvalue weighted by atomic mass is 10.1. The van der Waals surface area contributed by atoms with Gasteiger partial charge in [0.05, 0.1) is 0 Å². The van der Waals surface area contributed by atoms with E-state index in [1.807, 2.05) is 18.2 Å². The molecule has 1 unspecified atom stereocenters.